The lowest BCUT2D eigenvalue weighted by atomic mass is 10.1. The van der Waals surface area contributed by atoms with Crippen molar-refractivity contribution in [2.45, 2.75) is 13.0 Å². The largest absolute Gasteiger partial charge is 0.325 e. The standard InChI is InChI=1S/C20H20N6O/c1-15(17-6-8-19(9-7-17)26-14-22-13-23-26)25(2)12-20(27)24-18-5-3-4-16(10-18)11-21/h3-10,13-15H,12H2,1-2H3,(H,24,27)/t15-/m0/s1. The fourth-order valence-electron chi connectivity index (χ4n) is 2.73. The summed E-state index contributed by atoms with van der Waals surface area (Å²) < 4.78 is 1.70. The van der Waals surface area contributed by atoms with Crippen molar-refractivity contribution in [3.05, 3.63) is 72.3 Å². The van der Waals surface area contributed by atoms with Crippen molar-refractivity contribution >= 4 is 11.6 Å². The van der Waals surface area contributed by atoms with Gasteiger partial charge in [-0.3, -0.25) is 9.69 Å². The molecule has 27 heavy (non-hydrogen) atoms. The molecule has 0 saturated heterocycles. The van der Waals surface area contributed by atoms with Crippen molar-refractivity contribution in [2.75, 3.05) is 18.9 Å². The molecule has 0 aliphatic rings. The van der Waals surface area contributed by atoms with Crippen LogP contribution in [0.25, 0.3) is 5.69 Å². The molecule has 1 heterocycles. The van der Waals surface area contributed by atoms with Crippen LogP contribution in [0.15, 0.2) is 61.2 Å². The van der Waals surface area contributed by atoms with Crippen molar-refractivity contribution in [2.24, 2.45) is 0 Å². The number of benzene rings is 2. The van der Waals surface area contributed by atoms with E-state index in [1.807, 2.05) is 43.1 Å². The highest BCUT2D eigenvalue weighted by atomic mass is 16.2. The number of likely N-dealkylation sites (N-methyl/N-ethyl adjacent to an activating group) is 1. The molecule has 0 saturated carbocycles. The lowest BCUT2D eigenvalue weighted by Crippen LogP contribution is -2.32. The maximum atomic E-state index is 12.3. The molecule has 0 bridgehead atoms. The number of hydrogen-bond acceptors (Lipinski definition) is 5. The van der Waals surface area contributed by atoms with Crippen molar-refractivity contribution in [1.29, 1.82) is 5.26 Å². The second-order valence-electron chi connectivity index (χ2n) is 6.26. The Balaban J connectivity index is 1.60. The summed E-state index contributed by atoms with van der Waals surface area (Å²) in [4.78, 5) is 18.2. The average molecular weight is 360 g/mol. The number of carbonyl (C=O) groups is 1. The predicted molar refractivity (Wildman–Crippen MR) is 102 cm³/mol. The zero-order chi connectivity index (χ0) is 19.2. The van der Waals surface area contributed by atoms with E-state index in [1.165, 1.54) is 6.33 Å². The van der Waals surface area contributed by atoms with Gasteiger partial charge in [-0.2, -0.15) is 10.4 Å². The van der Waals surface area contributed by atoms with Crippen LogP contribution in [-0.2, 0) is 4.79 Å². The van der Waals surface area contributed by atoms with Crippen LogP contribution in [0.3, 0.4) is 0 Å². The summed E-state index contributed by atoms with van der Waals surface area (Å²) in [6.45, 7) is 2.29. The van der Waals surface area contributed by atoms with E-state index >= 15 is 0 Å². The second kappa shape index (κ2) is 8.25. The van der Waals surface area contributed by atoms with Crippen LogP contribution in [0, 0.1) is 11.3 Å². The van der Waals surface area contributed by atoms with Gasteiger partial charge in [-0.25, -0.2) is 9.67 Å². The Morgan fingerprint density at radius 1 is 1.30 bits per heavy atom. The molecular weight excluding hydrogens is 340 g/mol. The van der Waals surface area contributed by atoms with Crippen molar-refractivity contribution in [3.8, 4) is 11.8 Å². The van der Waals surface area contributed by atoms with Crippen molar-refractivity contribution in [3.63, 3.8) is 0 Å². The molecule has 0 unspecified atom stereocenters. The number of rotatable bonds is 6. The Morgan fingerprint density at radius 3 is 2.74 bits per heavy atom. The molecule has 0 aliphatic heterocycles. The van der Waals surface area contributed by atoms with E-state index in [2.05, 4.69) is 21.5 Å². The SMILES string of the molecule is C[C@@H](c1ccc(-n2cncn2)cc1)N(C)CC(=O)Nc1cccc(C#N)c1. The first-order valence-corrected chi connectivity index (χ1v) is 8.52. The van der Waals surface area contributed by atoms with Gasteiger partial charge in [0.2, 0.25) is 5.91 Å². The summed E-state index contributed by atoms with van der Waals surface area (Å²) in [7, 11) is 1.90. The summed E-state index contributed by atoms with van der Waals surface area (Å²) in [6, 6.07) is 17.0. The van der Waals surface area contributed by atoms with E-state index in [1.54, 1.807) is 35.3 Å². The molecule has 3 aromatic rings. The van der Waals surface area contributed by atoms with Gasteiger partial charge in [-0.15, -0.1) is 0 Å². The molecule has 0 fully saturated rings. The lowest BCUT2D eigenvalue weighted by molar-refractivity contribution is -0.117. The molecule has 7 nitrogen and oxygen atoms in total. The molecular formula is C20H20N6O. The summed E-state index contributed by atoms with van der Waals surface area (Å²) in [5.74, 6) is -0.126. The van der Waals surface area contributed by atoms with Crippen LogP contribution >= 0.6 is 0 Å². The lowest BCUT2D eigenvalue weighted by Gasteiger charge is -2.24. The smallest absolute Gasteiger partial charge is 0.238 e. The van der Waals surface area contributed by atoms with Crippen LogP contribution < -0.4 is 5.32 Å². The van der Waals surface area contributed by atoms with Crippen LogP contribution in [0.2, 0.25) is 0 Å². The maximum absolute atomic E-state index is 12.3. The third-order valence-electron chi connectivity index (χ3n) is 4.39. The molecule has 0 radical (unpaired) electrons. The molecule has 1 N–H and O–H groups in total. The quantitative estimate of drug-likeness (QED) is 0.730. The number of hydrogen-bond donors (Lipinski definition) is 1. The first-order valence-electron chi connectivity index (χ1n) is 8.52. The first kappa shape index (κ1) is 18.3. The minimum absolute atomic E-state index is 0.0611. The van der Waals surface area contributed by atoms with E-state index < -0.39 is 0 Å². The zero-order valence-corrected chi connectivity index (χ0v) is 15.2. The monoisotopic (exact) mass is 360 g/mol. The Kier molecular flexibility index (Phi) is 5.59. The van der Waals surface area contributed by atoms with Gasteiger partial charge in [0.1, 0.15) is 12.7 Å². The van der Waals surface area contributed by atoms with Gasteiger partial charge in [-0.1, -0.05) is 18.2 Å². The Hall–Kier alpha value is -3.50. The highest BCUT2D eigenvalue weighted by Gasteiger charge is 2.15. The van der Waals surface area contributed by atoms with Gasteiger partial charge in [0, 0.05) is 11.7 Å². The number of nitrogens with one attached hydrogen (secondary N) is 1. The predicted octanol–water partition coefficient (Wildman–Crippen LogP) is 2.77. The van der Waals surface area contributed by atoms with E-state index in [0.29, 0.717) is 11.3 Å². The Labute approximate surface area is 157 Å². The molecule has 1 atom stereocenters. The molecule has 0 aliphatic carbocycles. The highest BCUT2D eigenvalue weighted by molar-refractivity contribution is 5.92. The highest BCUT2D eigenvalue weighted by Crippen LogP contribution is 2.20. The van der Waals surface area contributed by atoms with Crippen LogP contribution in [-0.4, -0.2) is 39.2 Å². The van der Waals surface area contributed by atoms with Gasteiger partial charge in [0.15, 0.2) is 0 Å². The molecule has 136 valence electrons. The fourth-order valence-corrected chi connectivity index (χ4v) is 2.73. The third-order valence-corrected chi connectivity index (χ3v) is 4.39. The minimum Gasteiger partial charge on any atom is -0.325 e. The number of nitriles is 1. The summed E-state index contributed by atoms with van der Waals surface area (Å²) in [5, 5.41) is 15.9. The summed E-state index contributed by atoms with van der Waals surface area (Å²) >= 11 is 0. The number of carbonyl (C=O) groups excluding carboxylic acids is 1. The van der Waals surface area contributed by atoms with Gasteiger partial charge >= 0.3 is 0 Å². The summed E-state index contributed by atoms with van der Waals surface area (Å²) in [6.07, 6.45) is 3.14. The molecule has 1 amide bonds. The average Bonchev–Trinajstić information content (AvgIpc) is 3.22. The normalized spacial score (nSPS) is 11.8. The van der Waals surface area contributed by atoms with Crippen molar-refractivity contribution in [1.82, 2.24) is 19.7 Å². The van der Waals surface area contributed by atoms with Gasteiger partial charge in [0.25, 0.3) is 0 Å². The molecule has 2 aromatic carbocycles. The Bertz CT molecular complexity index is 943. The number of aromatic nitrogens is 3. The first-order chi connectivity index (χ1) is 13.1. The van der Waals surface area contributed by atoms with Gasteiger partial charge in [-0.05, 0) is 49.9 Å². The second-order valence-corrected chi connectivity index (χ2v) is 6.26. The number of amides is 1. The van der Waals surface area contributed by atoms with Gasteiger partial charge in [0.05, 0.1) is 23.9 Å². The molecule has 7 heteroatoms. The fraction of sp³-hybridized carbons (Fsp3) is 0.200. The molecule has 3 rings (SSSR count). The number of nitrogens with zero attached hydrogens (tertiary/aromatic N) is 5. The Morgan fingerprint density at radius 2 is 2.07 bits per heavy atom. The number of anilines is 1. The van der Waals surface area contributed by atoms with E-state index in [9.17, 15) is 4.79 Å². The topological polar surface area (TPSA) is 86.8 Å². The summed E-state index contributed by atoms with van der Waals surface area (Å²) in [5.41, 5.74) is 3.17. The van der Waals surface area contributed by atoms with Crippen LogP contribution in [0.4, 0.5) is 5.69 Å². The zero-order valence-electron chi connectivity index (χ0n) is 15.2. The minimum atomic E-state index is -0.126. The van der Waals surface area contributed by atoms with E-state index in [0.717, 1.165) is 11.3 Å². The molecule has 1 aromatic heterocycles. The van der Waals surface area contributed by atoms with Crippen LogP contribution in [0.1, 0.15) is 24.1 Å². The molecule has 0 spiro atoms. The van der Waals surface area contributed by atoms with Crippen LogP contribution in [0.5, 0.6) is 0 Å². The van der Waals surface area contributed by atoms with Gasteiger partial charge < -0.3 is 5.32 Å². The maximum Gasteiger partial charge on any atom is 0.238 e. The third kappa shape index (κ3) is 4.57. The van der Waals surface area contributed by atoms with Crippen molar-refractivity contribution < 1.29 is 4.79 Å². The van der Waals surface area contributed by atoms with E-state index in [4.69, 9.17) is 5.26 Å². The van der Waals surface area contributed by atoms with E-state index in [-0.39, 0.29) is 18.5 Å².